The lowest BCUT2D eigenvalue weighted by Gasteiger charge is -2.27. The van der Waals surface area contributed by atoms with Crippen LogP contribution in [0.3, 0.4) is 0 Å². The number of hydrogen-bond acceptors (Lipinski definition) is 2. The Kier molecular flexibility index (Phi) is 6.52. The second-order valence-electron chi connectivity index (χ2n) is 5.30. The number of rotatable bonds is 7. The lowest BCUT2D eigenvalue weighted by atomic mass is 10.0. The summed E-state index contributed by atoms with van der Waals surface area (Å²) in [6, 6.07) is 4.50. The Morgan fingerprint density at radius 3 is 2.33 bits per heavy atom. The third-order valence-electron chi connectivity index (χ3n) is 3.60. The molecule has 1 aromatic rings. The van der Waals surface area contributed by atoms with Crippen LogP contribution in [0, 0.1) is 0 Å². The molecular formula is C16H25F3N2. The van der Waals surface area contributed by atoms with Gasteiger partial charge in [-0.05, 0) is 43.9 Å². The van der Waals surface area contributed by atoms with Gasteiger partial charge in [0.2, 0.25) is 0 Å². The van der Waals surface area contributed by atoms with Gasteiger partial charge in [0.05, 0.1) is 5.56 Å². The third kappa shape index (κ3) is 4.92. The summed E-state index contributed by atoms with van der Waals surface area (Å²) in [5, 5.41) is 0. The van der Waals surface area contributed by atoms with E-state index in [9.17, 15) is 13.2 Å². The van der Waals surface area contributed by atoms with E-state index in [1.54, 1.807) is 17.0 Å². The van der Waals surface area contributed by atoms with Crippen LogP contribution >= 0.6 is 0 Å². The predicted octanol–water partition coefficient (Wildman–Crippen LogP) is 4.22. The highest BCUT2D eigenvalue weighted by Crippen LogP contribution is 2.37. The topological polar surface area (TPSA) is 29.3 Å². The fourth-order valence-electron chi connectivity index (χ4n) is 2.38. The minimum Gasteiger partial charge on any atom is -0.371 e. The molecule has 21 heavy (non-hydrogen) atoms. The van der Waals surface area contributed by atoms with Crippen molar-refractivity contribution in [2.75, 3.05) is 18.0 Å². The first kappa shape index (κ1) is 17.8. The number of benzene rings is 1. The molecule has 2 nitrogen and oxygen atoms in total. The average Bonchev–Trinajstić information content (AvgIpc) is 2.44. The van der Waals surface area contributed by atoms with E-state index in [0.29, 0.717) is 25.1 Å². The predicted molar refractivity (Wildman–Crippen MR) is 81.6 cm³/mol. The molecule has 0 spiro atoms. The van der Waals surface area contributed by atoms with Gasteiger partial charge in [0.1, 0.15) is 0 Å². The van der Waals surface area contributed by atoms with Crippen LogP contribution in [-0.4, -0.2) is 19.1 Å². The third-order valence-corrected chi connectivity index (χ3v) is 3.60. The van der Waals surface area contributed by atoms with Crippen molar-refractivity contribution >= 4 is 5.69 Å². The van der Waals surface area contributed by atoms with E-state index in [-0.39, 0.29) is 11.7 Å². The van der Waals surface area contributed by atoms with Crippen molar-refractivity contribution in [1.82, 2.24) is 0 Å². The zero-order valence-electron chi connectivity index (χ0n) is 13.0. The Balaban J connectivity index is 3.19. The number of nitrogens with two attached hydrogens (primary N) is 1. The summed E-state index contributed by atoms with van der Waals surface area (Å²) in [4.78, 5) is 1.77. The number of anilines is 1. The summed E-state index contributed by atoms with van der Waals surface area (Å²) in [7, 11) is 0. The first-order valence-electron chi connectivity index (χ1n) is 7.54. The fourth-order valence-corrected chi connectivity index (χ4v) is 2.38. The zero-order valence-corrected chi connectivity index (χ0v) is 13.0. The molecule has 1 atom stereocenters. The van der Waals surface area contributed by atoms with Crippen LogP contribution in [0.4, 0.5) is 18.9 Å². The Morgan fingerprint density at radius 1 is 1.19 bits per heavy atom. The van der Waals surface area contributed by atoms with Crippen LogP contribution in [0.2, 0.25) is 0 Å². The first-order valence-corrected chi connectivity index (χ1v) is 7.54. The van der Waals surface area contributed by atoms with Crippen molar-refractivity contribution < 1.29 is 13.2 Å². The molecular weight excluding hydrogens is 277 g/mol. The highest BCUT2D eigenvalue weighted by Gasteiger charge is 2.35. The monoisotopic (exact) mass is 302 g/mol. The highest BCUT2D eigenvalue weighted by molar-refractivity contribution is 5.56. The molecule has 0 saturated carbocycles. The molecule has 0 aliphatic carbocycles. The van der Waals surface area contributed by atoms with Crippen LogP contribution in [0.1, 0.15) is 44.7 Å². The molecule has 0 heterocycles. The van der Waals surface area contributed by atoms with Gasteiger partial charge < -0.3 is 10.6 Å². The SMILES string of the molecule is CCCN(CC)c1ccc(CC(N)CC)cc1C(F)(F)F. The van der Waals surface area contributed by atoms with Crippen molar-refractivity contribution in [2.24, 2.45) is 5.73 Å². The maximum Gasteiger partial charge on any atom is 0.418 e. The molecule has 0 fully saturated rings. The fraction of sp³-hybridized carbons (Fsp3) is 0.625. The quantitative estimate of drug-likeness (QED) is 0.817. The van der Waals surface area contributed by atoms with Crippen LogP contribution in [0.25, 0.3) is 0 Å². The van der Waals surface area contributed by atoms with Crippen molar-refractivity contribution in [2.45, 2.75) is 52.3 Å². The molecule has 0 bridgehead atoms. The smallest absolute Gasteiger partial charge is 0.371 e. The molecule has 0 aromatic heterocycles. The number of halogens is 3. The molecule has 5 heteroatoms. The maximum absolute atomic E-state index is 13.3. The van der Waals surface area contributed by atoms with Gasteiger partial charge in [-0.1, -0.05) is 19.9 Å². The molecule has 0 aliphatic rings. The molecule has 0 radical (unpaired) electrons. The van der Waals surface area contributed by atoms with Crippen molar-refractivity contribution in [3.63, 3.8) is 0 Å². The lowest BCUT2D eigenvalue weighted by molar-refractivity contribution is -0.137. The maximum atomic E-state index is 13.3. The Labute approximate surface area is 125 Å². The van der Waals surface area contributed by atoms with E-state index in [0.717, 1.165) is 12.8 Å². The summed E-state index contributed by atoms with van der Waals surface area (Å²) in [6.07, 6.45) is -2.31. The normalized spacial score (nSPS) is 13.3. The van der Waals surface area contributed by atoms with E-state index >= 15 is 0 Å². The van der Waals surface area contributed by atoms with Crippen molar-refractivity contribution in [3.05, 3.63) is 29.3 Å². The van der Waals surface area contributed by atoms with Crippen LogP contribution < -0.4 is 10.6 Å². The number of alkyl halides is 3. The summed E-state index contributed by atoms with van der Waals surface area (Å²) in [6.45, 7) is 6.95. The van der Waals surface area contributed by atoms with E-state index < -0.39 is 11.7 Å². The van der Waals surface area contributed by atoms with Gasteiger partial charge in [0, 0.05) is 24.8 Å². The zero-order chi connectivity index (χ0) is 16.0. The summed E-state index contributed by atoms with van der Waals surface area (Å²) < 4.78 is 40.0. The Bertz CT molecular complexity index is 444. The Hall–Kier alpha value is -1.23. The largest absolute Gasteiger partial charge is 0.418 e. The Morgan fingerprint density at radius 2 is 1.86 bits per heavy atom. The van der Waals surface area contributed by atoms with Gasteiger partial charge in [-0.2, -0.15) is 13.2 Å². The number of nitrogens with zero attached hydrogens (tertiary/aromatic N) is 1. The first-order chi connectivity index (χ1) is 9.83. The van der Waals surface area contributed by atoms with Crippen LogP contribution in [-0.2, 0) is 12.6 Å². The lowest BCUT2D eigenvalue weighted by Crippen LogP contribution is -2.27. The summed E-state index contributed by atoms with van der Waals surface area (Å²) in [5.74, 6) is 0. The highest BCUT2D eigenvalue weighted by atomic mass is 19.4. The second-order valence-corrected chi connectivity index (χ2v) is 5.30. The van der Waals surface area contributed by atoms with Crippen molar-refractivity contribution in [3.8, 4) is 0 Å². The molecule has 1 unspecified atom stereocenters. The minimum absolute atomic E-state index is 0.102. The van der Waals surface area contributed by atoms with Gasteiger partial charge in [0.25, 0.3) is 0 Å². The van der Waals surface area contributed by atoms with E-state index in [4.69, 9.17) is 5.73 Å². The summed E-state index contributed by atoms with van der Waals surface area (Å²) >= 11 is 0. The van der Waals surface area contributed by atoms with Crippen LogP contribution in [0.15, 0.2) is 18.2 Å². The second kappa shape index (κ2) is 7.69. The standard InChI is InChI=1S/C16H25F3N2/c1-4-9-21(6-3)15-8-7-12(10-13(20)5-2)11-14(15)16(17,18)19/h7-8,11,13H,4-6,9-10,20H2,1-3H3. The molecule has 1 rings (SSSR count). The van der Waals surface area contributed by atoms with E-state index in [1.807, 2.05) is 20.8 Å². The molecule has 2 N–H and O–H groups in total. The molecule has 1 aromatic carbocycles. The van der Waals surface area contributed by atoms with Crippen LogP contribution in [0.5, 0.6) is 0 Å². The van der Waals surface area contributed by atoms with Crippen molar-refractivity contribution in [1.29, 1.82) is 0 Å². The van der Waals surface area contributed by atoms with Gasteiger partial charge >= 0.3 is 6.18 Å². The molecule has 120 valence electrons. The van der Waals surface area contributed by atoms with E-state index in [2.05, 4.69) is 0 Å². The minimum atomic E-state index is -4.34. The van der Waals surface area contributed by atoms with Gasteiger partial charge in [-0.15, -0.1) is 0 Å². The van der Waals surface area contributed by atoms with Gasteiger partial charge in [0.15, 0.2) is 0 Å². The van der Waals surface area contributed by atoms with Gasteiger partial charge in [-0.3, -0.25) is 0 Å². The van der Waals surface area contributed by atoms with Gasteiger partial charge in [-0.25, -0.2) is 0 Å². The number of hydrogen-bond donors (Lipinski definition) is 1. The van der Waals surface area contributed by atoms with E-state index in [1.165, 1.54) is 6.07 Å². The molecule has 0 saturated heterocycles. The average molecular weight is 302 g/mol. The summed E-state index contributed by atoms with van der Waals surface area (Å²) in [5.41, 5.74) is 6.20. The molecule has 0 amide bonds. The molecule has 0 aliphatic heterocycles.